The summed E-state index contributed by atoms with van der Waals surface area (Å²) in [6, 6.07) is 10.6. The Balaban J connectivity index is 1.90. The van der Waals surface area contributed by atoms with Gasteiger partial charge in [-0.1, -0.05) is 24.2 Å². The lowest BCUT2D eigenvalue weighted by atomic mass is 9.97. The van der Waals surface area contributed by atoms with Crippen LogP contribution in [0.2, 0.25) is 5.02 Å². The van der Waals surface area contributed by atoms with Crippen LogP contribution in [0.4, 0.5) is 0 Å². The van der Waals surface area contributed by atoms with Crippen molar-refractivity contribution in [2.45, 2.75) is 26.0 Å². The molecular formula is C21H20ClNO5. The second kappa shape index (κ2) is 8.80. The van der Waals surface area contributed by atoms with Gasteiger partial charge in [0.25, 0.3) is 0 Å². The monoisotopic (exact) mass is 401 g/mol. The van der Waals surface area contributed by atoms with E-state index >= 15 is 0 Å². The van der Waals surface area contributed by atoms with Gasteiger partial charge in [-0.2, -0.15) is 0 Å². The maximum atomic E-state index is 11.5. The summed E-state index contributed by atoms with van der Waals surface area (Å²) in [5.74, 6) is 1.08. The van der Waals surface area contributed by atoms with Crippen LogP contribution < -0.4 is 14.8 Å². The van der Waals surface area contributed by atoms with E-state index < -0.39 is 6.10 Å². The highest BCUT2D eigenvalue weighted by Gasteiger charge is 2.27. The third-order valence-corrected chi connectivity index (χ3v) is 4.43. The number of rotatable bonds is 6. The first-order valence-electron chi connectivity index (χ1n) is 8.74. The van der Waals surface area contributed by atoms with Gasteiger partial charge in [0.2, 0.25) is 5.91 Å². The van der Waals surface area contributed by atoms with E-state index in [1.54, 1.807) is 30.3 Å². The van der Waals surface area contributed by atoms with Gasteiger partial charge in [0.15, 0.2) is 11.5 Å². The molecule has 3 rings (SSSR count). The van der Waals surface area contributed by atoms with Crippen LogP contribution >= 0.6 is 11.6 Å². The van der Waals surface area contributed by atoms with Gasteiger partial charge < -0.3 is 19.5 Å². The summed E-state index contributed by atoms with van der Waals surface area (Å²) in [4.78, 5) is 22.9. The van der Waals surface area contributed by atoms with E-state index in [-0.39, 0.29) is 18.5 Å². The molecule has 7 heteroatoms. The van der Waals surface area contributed by atoms with E-state index in [9.17, 15) is 9.59 Å². The van der Waals surface area contributed by atoms with Crippen molar-refractivity contribution < 1.29 is 23.8 Å². The Labute approximate surface area is 168 Å². The number of carbonyl (C=O) groups is 2. The molecule has 1 aliphatic rings. The topological polar surface area (TPSA) is 73.9 Å². The van der Waals surface area contributed by atoms with E-state index in [2.05, 4.69) is 11.9 Å². The Morgan fingerprint density at radius 1 is 1.29 bits per heavy atom. The number of nitrogens with one attached hydrogen (secondary N) is 1. The van der Waals surface area contributed by atoms with Crippen molar-refractivity contribution in [2.75, 3.05) is 6.61 Å². The number of ether oxygens (including phenoxy) is 3. The highest BCUT2D eigenvalue weighted by molar-refractivity contribution is 6.30. The Morgan fingerprint density at radius 2 is 2.04 bits per heavy atom. The van der Waals surface area contributed by atoms with Gasteiger partial charge in [0.05, 0.1) is 0 Å². The van der Waals surface area contributed by atoms with Gasteiger partial charge >= 0.3 is 5.97 Å². The van der Waals surface area contributed by atoms with Gasteiger partial charge in [0, 0.05) is 30.5 Å². The molecule has 6 nitrogen and oxygen atoms in total. The van der Waals surface area contributed by atoms with Crippen LogP contribution in [0.1, 0.15) is 18.1 Å². The van der Waals surface area contributed by atoms with Crippen molar-refractivity contribution in [3.8, 4) is 17.2 Å². The van der Waals surface area contributed by atoms with E-state index in [1.807, 2.05) is 6.07 Å². The number of esters is 1. The third kappa shape index (κ3) is 4.84. The molecule has 1 N–H and O–H groups in total. The Hall–Kier alpha value is -2.99. The molecule has 2 aromatic rings. The number of benzene rings is 2. The zero-order valence-electron chi connectivity index (χ0n) is 15.4. The van der Waals surface area contributed by atoms with E-state index in [4.69, 9.17) is 25.8 Å². The molecule has 0 saturated carbocycles. The molecule has 0 radical (unpaired) electrons. The maximum Gasteiger partial charge on any atom is 0.303 e. The van der Waals surface area contributed by atoms with Crippen LogP contribution in [0.3, 0.4) is 0 Å². The van der Waals surface area contributed by atoms with Crippen LogP contribution in [0.5, 0.6) is 17.2 Å². The minimum Gasteiger partial charge on any atom is -0.485 e. The molecule has 1 unspecified atom stereocenters. The molecule has 1 aliphatic heterocycles. The fraction of sp³-hybridized carbons (Fsp3) is 0.238. The summed E-state index contributed by atoms with van der Waals surface area (Å²) in [6.07, 6.45) is 1.28. The molecule has 0 bridgehead atoms. The fourth-order valence-electron chi connectivity index (χ4n) is 2.93. The van der Waals surface area contributed by atoms with Crippen molar-refractivity contribution in [3.05, 3.63) is 65.2 Å². The normalized spacial score (nSPS) is 15.0. The molecule has 2 aromatic carbocycles. The average Bonchev–Trinajstić information content (AvgIpc) is 2.68. The van der Waals surface area contributed by atoms with Crippen molar-refractivity contribution in [2.24, 2.45) is 0 Å². The van der Waals surface area contributed by atoms with Crippen molar-refractivity contribution in [1.29, 1.82) is 0 Å². The van der Waals surface area contributed by atoms with Gasteiger partial charge in [-0.05, 0) is 42.0 Å². The Bertz CT molecular complexity index is 894. The van der Waals surface area contributed by atoms with Crippen molar-refractivity contribution in [1.82, 2.24) is 5.32 Å². The minimum atomic E-state index is -0.398. The molecule has 1 amide bonds. The van der Waals surface area contributed by atoms with Gasteiger partial charge in [-0.25, -0.2) is 0 Å². The summed E-state index contributed by atoms with van der Waals surface area (Å²) in [5.41, 5.74) is 1.68. The van der Waals surface area contributed by atoms with Crippen molar-refractivity contribution >= 4 is 23.5 Å². The van der Waals surface area contributed by atoms with Crippen LogP contribution in [-0.4, -0.2) is 24.6 Å². The van der Waals surface area contributed by atoms with Crippen molar-refractivity contribution in [3.63, 3.8) is 0 Å². The van der Waals surface area contributed by atoms with Gasteiger partial charge in [-0.15, -0.1) is 0 Å². The lowest BCUT2D eigenvalue weighted by Gasteiger charge is -2.28. The summed E-state index contributed by atoms with van der Waals surface area (Å²) in [6.45, 7) is 5.33. The number of halogens is 1. The first kappa shape index (κ1) is 19.8. The van der Waals surface area contributed by atoms with E-state index in [1.165, 1.54) is 13.0 Å². The lowest BCUT2D eigenvalue weighted by molar-refractivity contribution is -0.148. The molecule has 1 heterocycles. The van der Waals surface area contributed by atoms with E-state index in [0.717, 1.165) is 11.1 Å². The number of hydrogen-bond acceptors (Lipinski definition) is 5. The molecule has 146 valence electrons. The molecule has 0 aromatic heterocycles. The van der Waals surface area contributed by atoms with Gasteiger partial charge in [-0.3, -0.25) is 9.59 Å². The minimum absolute atomic E-state index is 0.228. The predicted molar refractivity (Wildman–Crippen MR) is 105 cm³/mol. The highest BCUT2D eigenvalue weighted by atomic mass is 35.5. The van der Waals surface area contributed by atoms with Crippen LogP contribution in [-0.2, 0) is 27.3 Å². The molecule has 0 aliphatic carbocycles. The smallest absolute Gasteiger partial charge is 0.303 e. The third-order valence-electron chi connectivity index (χ3n) is 4.18. The van der Waals surface area contributed by atoms with Crippen LogP contribution in [0.15, 0.2) is 49.1 Å². The zero-order valence-corrected chi connectivity index (χ0v) is 16.1. The molecule has 0 fully saturated rings. The second-order valence-corrected chi connectivity index (χ2v) is 6.69. The second-order valence-electron chi connectivity index (χ2n) is 6.25. The predicted octanol–water partition coefficient (Wildman–Crippen LogP) is 3.80. The molecule has 0 spiro atoms. The van der Waals surface area contributed by atoms with Crippen LogP contribution in [0.25, 0.3) is 0 Å². The number of amides is 1. The molecule has 28 heavy (non-hydrogen) atoms. The number of fused-ring (bicyclic) bond motifs is 1. The standard InChI is InChI=1S/C21H20ClNO5/c1-3-20(25)23-11-14-4-9-19(28-16-7-5-15(22)6-8-16)21-18(14)10-17(12-26-21)27-13(2)24/h3-9,17H,1,10-12H2,2H3,(H,23,25). The summed E-state index contributed by atoms with van der Waals surface area (Å²) >= 11 is 5.92. The molecular weight excluding hydrogens is 382 g/mol. The Kier molecular flexibility index (Phi) is 6.21. The SMILES string of the molecule is C=CC(=O)NCc1ccc(Oc2ccc(Cl)cc2)c2c1CC(OC(C)=O)CO2. The fourth-order valence-corrected chi connectivity index (χ4v) is 3.06. The average molecular weight is 402 g/mol. The lowest BCUT2D eigenvalue weighted by Crippen LogP contribution is -2.32. The van der Waals surface area contributed by atoms with Crippen LogP contribution in [0, 0.1) is 0 Å². The first-order chi connectivity index (χ1) is 13.5. The highest BCUT2D eigenvalue weighted by Crippen LogP contribution is 2.40. The molecule has 0 saturated heterocycles. The summed E-state index contributed by atoms with van der Waals surface area (Å²) in [5, 5.41) is 3.37. The van der Waals surface area contributed by atoms with Gasteiger partial charge in [0.1, 0.15) is 18.5 Å². The summed E-state index contributed by atoms with van der Waals surface area (Å²) < 4.78 is 17.1. The summed E-state index contributed by atoms with van der Waals surface area (Å²) in [7, 11) is 0. The quantitative estimate of drug-likeness (QED) is 0.588. The van der Waals surface area contributed by atoms with E-state index in [0.29, 0.717) is 35.2 Å². The Morgan fingerprint density at radius 3 is 2.71 bits per heavy atom. The maximum absolute atomic E-state index is 11.5. The largest absolute Gasteiger partial charge is 0.485 e. The number of hydrogen-bond donors (Lipinski definition) is 1. The first-order valence-corrected chi connectivity index (χ1v) is 9.12. The number of carbonyl (C=O) groups excluding carboxylic acids is 2. The molecule has 1 atom stereocenters. The zero-order chi connectivity index (χ0) is 20.1.